The van der Waals surface area contributed by atoms with E-state index in [0.29, 0.717) is 28.3 Å². The topological polar surface area (TPSA) is 180 Å². The van der Waals surface area contributed by atoms with E-state index in [-0.39, 0.29) is 30.2 Å². The molecule has 3 saturated carbocycles. The van der Waals surface area contributed by atoms with Gasteiger partial charge in [-0.15, -0.1) is 0 Å². The smallest absolute Gasteiger partial charge is 0.235 e. The summed E-state index contributed by atoms with van der Waals surface area (Å²) in [6, 6.07) is 2.50. The fourth-order valence-electron chi connectivity index (χ4n) is 8.08. The molecule has 1 aromatic heterocycles. The highest BCUT2D eigenvalue weighted by atomic mass is 16.3. The third-order valence-corrected chi connectivity index (χ3v) is 10.3. The number of nitrogens with one attached hydrogen (secondary N) is 1. The summed E-state index contributed by atoms with van der Waals surface area (Å²) in [7, 11) is 3.12. The van der Waals surface area contributed by atoms with Crippen LogP contribution < -0.4 is 11.1 Å². The van der Waals surface area contributed by atoms with Gasteiger partial charge >= 0.3 is 0 Å². The van der Waals surface area contributed by atoms with Gasteiger partial charge in [-0.1, -0.05) is 6.92 Å². The molecule has 0 bridgehead atoms. The van der Waals surface area contributed by atoms with Crippen LogP contribution in [0.4, 0.5) is 5.69 Å². The maximum Gasteiger partial charge on any atom is 0.235 e. The monoisotopic (exact) mass is 591 g/mol. The van der Waals surface area contributed by atoms with Gasteiger partial charge in [0, 0.05) is 17.5 Å². The first kappa shape index (κ1) is 29.3. The Morgan fingerprint density at radius 1 is 1.12 bits per heavy atom. The zero-order valence-corrected chi connectivity index (χ0v) is 24.5. The number of hydrogen-bond donors (Lipinski definition) is 4. The van der Waals surface area contributed by atoms with Crippen molar-refractivity contribution in [3.63, 3.8) is 0 Å². The number of Topliss-reactive ketones (excluding diaryl/α,β-unsaturated/α-hetero) is 4. The largest absolute Gasteiger partial charge is 0.505 e. The average Bonchev–Trinajstić information content (AvgIpc) is 3.48. The number of likely N-dealkylation sites (N-methyl/N-ethyl adjacent to an activating group) is 1. The van der Waals surface area contributed by atoms with Crippen LogP contribution >= 0.6 is 0 Å². The minimum atomic E-state index is -2.76. The minimum absolute atomic E-state index is 0.00422. The summed E-state index contributed by atoms with van der Waals surface area (Å²) in [6.45, 7) is 2.21. The fourth-order valence-corrected chi connectivity index (χ4v) is 8.08. The number of fused-ring (bicyclic) bond motifs is 3. The molecule has 0 aliphatic heterocycles. The molecule has 43 heavy (non-hydrogen) atoms. The summed E-state index contributed by atoms with van der Waals surface area (Å²) in [6.07, 6.45) is 7.11. The number of phenols is 1. The van der Waals surface area contributed by atoms with Crippen LogP contribution in [-0.2, 0) is 25.6 Å². The van der Waals surface area contributed by atoms with Crippen LogP contribution in [0.2, 0.25) is 0 Å². The second-order valence-corrected chi connectivity index (χ2v) is 13.1. The number of nitrogens with zero attached hydrogens (tertiary/aromatic N) is 1. The summed E-state index contributed by atoms with van der Waals surface area (Å²) in [5.74, 6) is -10.0. The van der Waals surface area contributed by atoms with E-state index in [1.165, 1.54) is 11.2 Å². The number of anilines is 1. The van der Waals surface area contributed by atoms with Crippen molar-refractivity contribution in [1.82, 2.24) is 4.90 Å². The molecule has 0 saturated heterocycles. The van der Waals surface area contributed by atoms with Gasteiger partial charge in [0.15, 0.2) is 34.7 Å². The number of carbonyl (C=O) groups excluding carboxylic acids is 5. The number of aromatic hydroxyl groups is 1. The molecule has 1 heterocycles. The van der Waals surface area contributed by atoms with Gasteiger partial charge in [-0.05, 0) is 87.7 Å². The van der Waals surface area contributed by atoms with Gasteiger partial charge in [-0.25, -0.2) is 0 Å². The zero-order valence-electron chi connectivity index (χ0n) is 24.5. The van der Waals surface area contributed by atoms with E-state index in [0.717, 1.165) is 25.7 Å². The van der Waals surface area contributed by atoms with Gasteiger partial charge in [-0.2, -0.15) is 0 Å². The molecule has 3 fully saturated rings. The molecule has 5 N–H and O–H groups in total. The minimum Gasteiger partial charge on any atom is -0.505 e. The van der Waals surface area contributed by atoms with Crippen LogP contribution in [0, 0.1) is 29.6 Å². The lowest BCUT2D eigenvalue weighted by atomic mass is 9.52. The average molecular weight is 592 g/mol. The van der Waals surface area contributed by atoms with Crippen molar-refractivity contribution in [3.8, 4) is 16.9 Å². The Labute approximate surface area is 248 Å². The van der Waals surface area contributed by atoms with Gasteiger partial charge in [0.25, 0.3) is 0 Å². The van der Waals surface area contributed by atoms with E-state index in [2.05, 4.69) is 12.2 Å². The molecule has 0 radical (unpaired) electrons. The molecule has 2 aromatic rings. The Morgan fingerprint density at radius 2 is 1.81 bits per heavy atom. The summed E-state index contributed by atoms with van der Waals surface area (Å²) >= 11 is 0. The molecule has 11 nitrogen and oxygen atoms in total. The van der Waals surface area contributed by atoms with E-state index < -0.39 is 64.4 Å². The van der Waals surface area contributed by atoms with E-state index in [9.17, 15) is 34.2 Å². The zero-order chi connectivity index (χ0) is 31.0. The quantitative estimate of drug-likeness (QED) is 0.297. The molecule has 228 valence electrons. The second-order valence-electron chi connectivity index (χ2n) is 13.1. The maximum atomic E-state index is 14.3. The van der Waals surface area contributed by atoms with Crippen LogP contribution in [0.5, 0.6) is 5.75 Å². The predicted octanol–water partition coefficient (Wildman–Crippen LogP) is 2.12. The number of ketones is 4. The van der Waals surface area contributed by atoms with Crippen LogP contribution in [0.15, 0.2) is 29.1 Å². The first-order valence-electron chi connectivity index (χ1n) is 14.9. The van der Waals surface area contributed by atoms with Gasteiger partial charge in [0.2, 0.25) is 5.91 Å². The van der Waals surface area contributed by atoms with Gasteiger partial charge < -0.3 is 25.7 Å². The normalized spacial score (nSPS) is 34.0. The first-order valence-corrected chi connectivity index (χ1v) is 14.9. The lowest BCUT2D eigenvalue weighted by Crippen LogP contribution is -2.74. The molecular weight excluding hydrogens is 554 g/mol. The van der Waals surface area contributed by atoms with Crippen molar-refractivity contribution in [2.75, 3.05) is 19.4 Å². The highest BCUT2D eigenvalue weighted by molar-refractivity contribution is 6.32. The molecular formula is C32H37N3O8. The standard InChI is InChI=1S/C32H37N3O8/c1-14-4-6-17(7-5-14)34-21-12-18(15-8-9-43-13-15)19-10-16-11-20-25(35(2)3)28(38)24(31(33)41)30(40)32(20,42)29(39)22(16)27(37)23(19)26(21)36/h8-9,12-14,16-17,20,22,24-25,34,36,42H,4-7,10-11H2,1-3H3,(H2,33,41)/t14?,16-,17?,20-,22?,24?,25-,32-/m0/s1. The van der Waals surface area contributed by atoms with Gasteiger partial charge in [0.05, 0.1) is 35.7 Å². The number of aliphatic hydroxyl groups is 1. The number of rotatable bonds is 5. The van der Waals surface area contributed by atoms with Crippen LogP contribution in [0.3, 0.4) is 0 Å². The van der Waals surface area contributed by atoms with Crippen molar-refractivity contribution >= 4 is 34.7 Å². The number of nitrogens with two attached hydrogens (primary N) is 1. The molecule has 6 rings (SSSR count). The molecule has 0 spiro atoms. The number of benzene rings is 1. The highest BCUT2D eigenvalue weighted by Gasteiger charge is 2.69. The summed E-state index contributed by atoms with van der Waals surface area (Å²) in [4.78, 5) is 69.0. The number of furan rings is 1. The molecule has 4 aliphatic rings. The Kier molecular flexibility index (Phi) is 7.08. The molecule has 1 aromatic carbocycles. The third kappa shape index (κ3) is 4.35. The Hall–Kier alpha value is -3.83. The molecule has 1 amide bonds. The molecule has 6 atom stereocenters. The Morgan fingerprint density at radius 3 is 2.42 bits per heavy atom. The van der Waals surface area contributed by atoms with Crippen molar-refractivity contribution in [1.29, 1.82) is 0 Å². The number of primary amides is 1. The maximum absolute atomic E-state index is 14.3. The molecule has 11 heteroatoms. The van der Waals surface area contributed by atoms with E-state index in [1.807, 2.05) is 0 Å². The van der Waals surface area contributed by atoms with Crippen molar-refractivity contribution in [3.05, 3.63) is 35.8 Å². The van der Waals surface area contributed by atoms with E-state index in [1.54, 1.807) is 32.5 Å². The Balaban J connectivity index is 1.46. The molecule has 4 aliphatic carbocycles. The second kappa shape index (κ2) is 10.4. The summed E-state index contributed by atoms with van der Waals surface area (Å²) in [5.41, 5.74) is 4.88. The van der Waals surface area contributed by atoms with Crippen LogP contribution in [0.25, 0.3) is 11.1 Å². The lowest BCUT2D eigenvalue weighted by Gasteiger charge is -2.52. The molecule has 2 unspecified atom stereocenters. The van der Waals surface area contributed by atoms with Crippen LogP contribution in [-0.4, -0.2) is 75.9 Å². The highest BCUT2D eigenvalue weighted by Crippen LogP contribution is 2.53. The lowest BCUT2D eigenvalue weighted by molar-refractivity contribution is -0.181. The summed E-state index contributed by atoms with van der Waals surface area (Å²) in [5, 5.41) is 26.8. The number of hydrogen-bond acceptors (Lipinski definition) is 10. The van der Waals surface area contributed by atoms with Crippen molar-refractivity contribution < 1.29 is 38.6 Å². The Bertz CT molecular complexity index is 1520. The SMILES string of the molecule is CC1CCC(Nc2cc(-c3ccoc3)c3c(c2O)C(=O)C2C(=O)[C@]4(O)C(=O)C(C(N)=O)C(=O)[C@@H](N(C)C)[C@@H]4C[C@@H]2C3)CC1. The van der Waals surface area contributed by atoms with Crippen molar-refractivity contribution in [2.24, 2.45) is 35.3 Å². The number of carbonyl (C=O) groups is 5. The third-order valence-electron chi connectivity index (χ3n) is 10.3. The van der Waals surface area contributed by atoms with Gasteiger partial charge in [-0.3, -0.25) is 28.9 Å². The van der Waals surface area contributed by atoms with Gasteiger partial charge in [0.1, 0.15) is 5.75 Å². The summed E-state index contributed by atoms with van der Waals surface area (Å²) < 4.78 is 5.35. The fraction of sp³-hybridized carbons (Fsp3) is 0.531. The van der Waals surface area contributed by atoms with Crippen molar-refractivity contribution in [2.45, 2.75) is 63.1 Å². The van der Waals surface area contributed by atoms with E-state index in [4.69, 9.17) is 10.2 Å². The van der Waals surface area contributed by atoms with E-state index >= 15 is 0 Å². The van der Waals surface area contributed by atoms with Crippen LogP contribution in [0.1, 0.15) is 54.9 Å². The number of phenolic OH excluding ortho intramolecular Hbond substituents is 1. The first-order chi connectivity index (χ1) is 20.4. The number of amides is 1. The predicted molar refractivity (Wildman–Crippen MR) is 154 cm³/mol.